The number of ether oxygens (including phenoxy) is 3. The van der Waals surface area contributed by atoms with Crippen molar-refractivity contribution in [3.05, 3.63) is 23.8 Å². The first-order valence-corrected chi connectivity index (χ1v) is 8.02. The summed E-state index contributed by atoms with van der Waals surface area (Å²) in [5.41, 5.74) is -0.578. The first kappa shape index (κ1) is 22.1. The van der Waals surface area contributed by atoms with E-state index >= 15 is 0 Å². The molecule has 8 nitrogen and oxygen atoms in total. The second-order valence-corrected chi connectivity index (χ2v) is 6.30. The van der Waals surface area contributed by atoms with Crippen molar-refractivity contribution in [2.75, 3.05) is 13.2 Å². The van der Waals surface area contributed by atoms with Crippen LogP contribution in [0.3, 0.4) is 0 Å². The maximum absolute atomic E-state index is 12.4. The Hall–Kier alpha value is -2.91. The number of carbonyl (C=O) groups is 3. The van der Waals surface area contributed by atoms with E-state index in [0.29, 0.717) is 0 Å². The fourth-order valence-electron chi connectivity index (χ4n) is 1.85. The van der Waals surface area contributed by atoms with E-state index in [9.17, 15) is 23.2 Å². The SMILES string of the molecule is CCOc1cc(C(=O)OCC(=O)NC(=O)NC(C)(C)C)ccc1OC(F)F. The molecular weight excluding hydrogens is 366 g/mol. The Morgan fingerprint density at radius 3 is 2.37 bits per heavy atom. The van der Waals surface area contributed by atoms with Gasteiger partial charge in [0, 0.05) is 5.54 Å². The number of halogens is 2. The summed E-state index contributed by atoms with van der Waals surface area (Å²) in [4.78, 5) is 35.2. The van der Waals surface area contributed by atoms with Gasteiger partial charge in [-0.3, -0.25) is 10.1 Å². The first-order chi connectivity index (χ1) is 12.5. The number of nitrogens with one attached hydrogen (secondary N) is 2. The molecule has 150 valence electrons. The van der Waals surface area contributed by atoms with Crippen LogP contribution in [0.15, 0.2) is 18.2 Å². The van der Waals surface area contributed by atoms with Crippen molar-refractivity contribution in [3.63, 3.8) is 0 Å². The lowest BCUT2D eigenvalue weighted by molar-refractivity contribution is -0.123. The Morgan fingerprint density at radius 2 is 1.81 bits per heavy atom. The van der Waals surface area contributed by atoms with Gasteiger partial charge in [-0.1, -0.05) is 0 Å². The number of hydrogen-bond acceptors (Lipinski definition) is 6. The molecule has 0 saturated carbocycles. The smallest absolute Gasteiger partial charge is 0.387 e. The van der Waals surface area contributed by atoms with Gasteiger partial charge in [0.2, 0.25) is 0 Å². The molecule has 0 unspecified atom stereocenters. The van der Waals surface area contributed by atoms with Crippen LogP contribution < -0.4 is 20.1 Å². The van der Waals surface area contributed by atoms with E-state index < -0.39 is 36.7 Å². The maximum atomic E-state index is 12.4. The molecule has 0 aromatic heterocycles. The molecule has 2 N–H and O–H groups in total. The predicted molar refractivity (Wildman–Crippen MR) is 91.0 cm³/mol. The molecule has 0 aliphatic heterocycles. The van der Waals surface area contributed by atoms with Gasteiger partial charge in [0.25, 0.3) is 5.91 Å². The topological polar surface area (TPSA) is 103 Å². The number of esters is 1. The van der Waals surface area contributed by atoms with Gasteiger partial charge in [-0.2, -0.15) is 8.78 Å². The molecule has 0 bridgehead atoms. The van der Waals surface area contributed by atoms with Crippen LogP contribution in [0.5, 0.6) is 11.5 Å². The molecule has 3 amide bonds. The van der Waals surface area contributed by atoms with Crippen LogP contribution in [0, 0.1) is 0 Å². The van der Waals surface area contributed by atoms with Gasteiger partial charge in [0.1, 0.15) is 0 Å². The third-order valence-electron chi connectivity index (χ3n) is 2.77. The van der Waals surface area contributed by atoms with Gasteiger partial charge in [0.15, 0.2) is 18.1 Å². The number of rotatable bonds is 7. The van der Waals surface area contributed by atoms with E-state index in [-0.39, 0.29) is 23.7 Å². The van der Waals surface area contributed by atoms with Crippen LogP contribution >= 0.6 is 0 Å². The normalized spacial score (nSPS) is 10.9. The van der Waals surface area contributed by atoms with Crippen molar-refractivity contribution in [2.45, 2.75) is 39.8 Å². The van der Waals surface area contributed by atoms with Crippen molar-refractivity contribution < 1.29 is 37.4 Å². The number of imide groups is 1. The highest BCUT2D eigenvalue weighted by Gasteiger charge is 2.18. The Bertz CT molecular complexity index is 688. The lowest BCUT2D eigenvalue weighted by Gasteiger charge is -2.20. The number of urea groups is 1. The fraction of sp³-hybridized carbons (Fsp3) is 0.471. The minimum atomic E-state index is -3.05. The average Bonchev–Trinajstić information content (AvgIpc) is 2.52. The zero-order valence-corrected chi connectivity index (χ0v) is 15.4. The predicted octanol–water partition coefficient (Wildman–Crippen LogP) is 2.47. The number of carbonyl (C=O) groups excluding carboxylic acids is 3. The van der Waals surface area contributed by atoms with E-state index in [2.05, 4.69) is 10.1 Å². The van der Waals surface area contributed by atoms with Gasteiger partial charge in [-0.25, -0.2) is 9.59 Å². The maximum Gasteiger partial charge on any atom is 0.387 e. The third-order valence-corrected chi connectivity index (χ3v) is 2.77. The third kappa shape index (κ3) is 8.34. The Balaban J connectivity index is 2.67. The number of alkyl halides is 2. The Morgan fingerprint density at radius 1 is 1.15 bits per heavy atom. The number of amides is 3. The fourth-order valence-corrected chi connectivity index (χ4v) is 1.85. The highest BCUT2D eigenvalue weighted by Crippen LogP contribution is 2.30. The van der Waals surface area contributed by atoms with Crippen LogP contribution in [0.4, 0.5) is 13.6 Å². The standard InChI is InChI=1S/C17H22F2N2O6/c1-5-25-12-8-10(6-7-11(12)27-15(18)19)14(23)26-9-13(22)20-16(24)21-17(2,3)4/h6-8,15H,5,9H2,1-4H3,(H2,20,21,22,24). The molecule has 1 aromatic carbocycles. The number of hydrogen-bond donors (Lipinski definition) is 2. The van der Waals surface area contributed by atoms with Crippen LogP contribution in [-0.2, 0) is 9.53 Å². The van der Waals surface area contributed by atoms with E-state index in [4.69, 9.17) is 9.47 Å². The minimum Gasteiger partial charge on any atom is -0.490 e. The minimum absolute atomic E-state index is 0.0352. The molecule has 27 heavy (non-hydrogen) atoms. The Labute approximate surface area is 155 Å². The molecule has 0 aliphatic rings. The molecule has 0 aliphatic carbocycles. The largest absolute Gasteiger partial charge is 0.490 e. The molecule has 0 radical (unpaired) electrons. The van der Waals surface area contributed by atoms with E-state index in [0.717, 1.165) is 12.1 Å². The Kier molecular flexibility index (Phi) is 7.95. The van der Waals surface area contributed by atoms with Crippen molar-refractivity contribution in [3.8, 4) is 11.5 Å². The van der Waals surface area contributed by atoms with Gasteiger partial charge >= 0.3 is 18.6 Å². The summed E-state index contributed by atoms with van der Waals surface area (Å²) in [5, 5.41) is 4.52. The van der Waals surface area contributed by atoms with Crippen LogP contribution in [0.1, 0.15) is 38.1 Å². The van der Waals surface area contributed by atoms with Crippen LogP contribution in [0.25, 0.3) is 0 Å². The second-order valence-electron chi connectivity index (χ2n) is 6.30. The monoisotopic (exact) mass is 388 g/mol. The average molecular weight is 388 g/mol. The van der Waals surface area contributed by atoms with Gasteiger partial charge in [-0.15, -0.1) is 0 Å². The van der Waals surface area contributed by atoms with Gasteiger partial charge < -0.3 is 19.5 Å². The molecule has 0 saturated heterocycles. The van der Waals surface area contributed by atoms with Crippen molar-refractivity contribution in [2.24, 2.45) is 0 Å². The molecule has 1 aromatic rings. The van der Waals surface area contributed by atoms with Crippen LogP contribution in [0.2, 0.25) is 0 Å². The molecular formula is C17H22F2N2O6. The van der Waals surface area contributed by atoms with E-state index in [1.54, 1.807) is 27.7 Å². The van der Waals surface area contributed by atoms with Crippen molar-refractivity contribution in [1.29, 1.82) is 0 Å². The van der Waals surface area contributed by atoms with Crippen LogP contribution in [-0.4, -0.2) is 43.3 Å². The highest BCUT2D eigenvalue weighted by atomic mass is 19.3. The molecule has 10 heteroatoms. The molecule has 0 spiro atoms. The van der Waals surface area contributed by atoms with Crippen molar-refractivity contribution in [1.82, 2.24) is 10.6 Å². The summed E-state index contributed by atoms with van der Waals surface area (Å²) in [6.07, 6.45) is 0. The summed E-state index contributed by atoms with van der Waals surface area (Å²) < 4.78 is 39.0. The van der Waals surface area contributed by atoms with Gasteiger partial charge in [-0.05, 0) is 45.9 Å². The lowest BCUT2D eigenvalue weighted by Crippen LogP contribution is -2.49. The second kappa shape index (κ2) is 9.70. The first-order valence-electron chi connectivity index (χ1n) is 8.02. The summed E-state index contributed by atoms with van der Waals surface area (Å²) in [5.74, 6) is -2.03. The molecule has 0 fully saturated rings. The summed E-state index contributed by atoms with van der Waals surface area (Å²) in [7, 11) is 0. The van der Waals surface area contributed by atoms with E-state index in [1.807, 2.05) is 5.32 Å². The quantitative estimate of drug-likeness (QED) is 0.696. The lowest BCUT2D eigenvalue weighted by atomic mass is 10.1. The zero-order chi connectivity index (χ0) is 20.6. The van der Waals surface area contributed by atoms with Crippen molar-refractivity contribution >= 4 is 17.9 Å². The summed E-state index contributed by atoms with van der Waals surface area (Å²) in [6, 6.07) is 2.75. The molecule has 1 rings (SSSR count). The van der Waals surface area contributed by atoms with E-state index in [1.165, 1.54) is 6.07 Å². The number of benzene rings is 1. The molecule has 0 atom stereocenters. The summed E-state index contributed by atoms with van der Waals surface area (Å²) in [6.45, 7) is 3.23. The molecule has 0 heterocycles. The highest BCUT2D eigenvalue weighted by molar-refractivity contribution is 5.97. The van der Waals surface area contributed by atoms with Gasteiger partial charge in [0.05, 0.1) is 12.2 Å². The summed E-state index contributed by atoms with van der Waals surface area (Å²) >= 11 is 0. The zero-order valence-electron chi connectivity index (χ0n) is 15.4.